The van der Waals surface area contributed by atoms with Crippen molar-refractivity contribution in [3.63, 3.8) is 0 Å². The number of pyridine rings is 2. The van der Waals surface area contributed by atoms with Crippen LogP contribution in [0, 0.1) is 12.7 Å². The number of rotatable bonds is 6. The molecule has 240 valence electrons. The number of halogens is 1. The van der Waals surface area contributed by atoms with Gasteiger partial charge in [0.1, 0.15) is 5.52 Å². The molecule has 0 bridgehead atoms. The van der Waals surface area contributed by atoms with Crippen molar-refractivity contribution >= 4 is 34.1 Å². The number of nitrogens with zero attached hydrogens (tertiary/aromatic N) is 6. The molecule has 1 aliphatic carbocycles. The molecule has 0 atom stereocenters. The highest BCUT2D eigenvalue weighted by atomic mass is 19.1. The quantitative estimate of drug-likeness (QED) is 0.263. The van der Waals surface area contributed by atoms with Crippen LogP contribution in [0.5, 0.6) is 0 Å². The minimum Gasteiger partial charge on any atom is -0.336 e. The zero-order chi connectivity index (χ0) is 31.6. The Bertz CT molecular complexity index is 1800. The molecule has 3 aliphatic heterocycles. The van der Waals surface area contributed by atoms with Crippen LogP contribution in [0.15, 0.2) is 42.9 Å². The second-order valence-corrected chi connectivity index (χ2v) is 14.0. The van der Waals surface area contributed by atoms with Crippen LogP contribution in [0.25, 0.3) is 22.3 Å². The number of benzene rings is 1. The van der Waals surface area contributed by atoms with Gasteiger partial charge in [0.25, 0.3) is 0 Å². The molecule has 10 heteroatoms. The molecule has 0 radical (unpaired) electrons. The number of imidazole rings is 1. The zero-order valence-electron chi connectivity index (χ0n) is 27.0. The molecule has 0 unspecified atom stereocenters. The number of likely N-dealkylation sites (tertiary alicyclic amines) is 1. The third-order valence-electron chi connectivity index (χ3n) is 10.9. The average molecular weight is 623 g/mol. The molecule has 2 saturated heterocycles. The number of nitrogens with one attached hydrogen (secondary N) is 2. The van der Waals surface area contributed by atoms with Crippen LogP contribution in [0.4, 0.5) is 21.6 Å². The Morgan fingerprint density at radius 2 is 1.80 bits per heavy atom. The molecule has 4 aliphatic rings. The van der Waals surface area contributed by atoms with Crippen molar-refractivity contribution in [1.82, 2.24) is 29.7 Å². The van der Waals surface area contributed by atoms with E-state index in [-0.39, 0.29) is 18.0 Å². The van der Waals surface area contributed by atoms with E-state index in [4.69, 9.17) is 9.97 Å². The zero-order valence-corrected chi connectivity index (χ0v) is 27.0. The van der Waals surface area contributed by atoms with Gasteiger partial charge in [-0.1, -0.05) is 18.6 Å². The fourth-order valence-electron chi connectivity index (χ4n) is 8.25. The normalized spacial score (nSPS) is 22.9. The van der Waals surface area contributed by atoms with Crippen LogP contribution >= 0.6 is 0 Å². The molecule has 1 amide bonds. The molecule has 3 aromatic heterocycles. The third kappa shape index (κ3) is 4.80. The van der Waals surface area contributed by atoms with Crippen molar-refractivity contribution in [2.45, 2.75) is 89.3 Å². The number of carbonyl (C=O) groups excluding carboxylic acids is 1. The molecule has 8 rings (SSSR count). The highest BCUT2D eigenvalue weighted by Gasteiger charge is 2.54. The minimum absolute atomic E-state index is 0.138. The van der Waals surface area contributed by atoms with Crippen molar-refractivity contribution < 1.29 is 9.18 Å². The summed E-state index contributed by atoms with van der Waals surface area (Å²) >= 11 is 0. The molecule has 3 fully saturated rings. The lowest BCUT2D eigenvalue weighted by Crippen LogP contribution is -2.58. The Kier molecular flexibility index (Phi) is 7.32. The summed E-state index contributed by atoms with van der Waals surface area (Å²) in [6.07, 6.45) is 10.6. The molecule has 1 saturated carbocycles. The number of carbonyl (C=O) groups is 1. The van der Waals surface area contributed by atoms with Gasteiger partial charge in [-0.3, -0.25) is 9.78 Å². The Labute approximate surface area is 269 Å². The molecule has 9 nitrogen and oxygen atoms in total. The molecular formula is C36H43FN8O. The number of fused-ring (bicyclic) bond motifs is 3. The van der Waals surface area contributed by atoms with Gasteiger partial charge < -0.3 is 25.0 Å². The van der Waals surface area contributed by atoms with Crippen molar-refractivity contribution in [2.24, 2.45) is 0 Å². The Morgan fingerprint density at radius 1 is 1.02 bits per heavy atom. The van der Waals surface area contributed by atoms with Gasteiger partial charge in [0.15, 0.2) is 11.6 Å². The molecule has 46 heavy (non-hydrogen) atoms. The second kappa shape index (κ2) is 11.4. The number of aryl methyl sites for hydroxylation is 1. The van der Waals surface area contributed by atoms with Gasteiger partial charge >= 0.3 is 0 Å². The van der Waals surface area contributed by atoms with Crippen LogP contribution in [0.1, 0.15) is 76.1 Å². The number of anilines is 3. The van der Waals surface area contributed by atoms with E-state index in [0.717, 1.165) is 72.3 Å². The van der Waals surface area contributed by atoms with Gasteiger partial charge in [0.05, 0.1) is 34.8 Å². The van der Waals surface area contributed by atoms with Crippen molar-refractivity contribution in [1.29, 1.82) is 0 Å². The van der Waals surface area contributed by atoms with Crippen molar-refractivity contribution in [2.75, 3.05) is 36.4 Å². The van der Waals surface area contributed by atoms with Crippen LogP contribution < -0.4 is 15.5 Å². The van der Waals surface area contributed by atoms with E-state index in [9.17, 15) is 9.18 Å². The standard InChI is InChI=1S/C36H43FN8O/c1-22(2)44-21-40-31-19-29(41-34(33(31)44)42-30-15-23(3)39-20-28(30)37)24-7-8-27-32(16-24)45(35(46)36(27)9-11-38-12-10-36)26-17-25(18-26)43-13-5-4-6-14-43/h7-8,15-16,19-22,25-26,38H,4-6,9-14,17-18H2,1-3H3,(H,39,41,42)/t25-,26+. The Hall–Kier alpha value is -3.89. The SMILES string of the molecule is Cc1cc(Nc2nc(-c3ccc4c(c3)N([C@H]3C[C@@H](N5CCCCC5)C3)C(=O)C43CCNCC3)cc3ncn(C(C)C)c23)c(F)cn1. The summed E-state index contributed by atoms with van der Waals surface area (Å²) in [5.74, 6) is 0.368. The summed E-state index contributed by atoms with van der Waals surface area (Å²) in [7, 11) is 0. The summed E-state index contributed by atoms with van der Waals surface area (Å²) in [6.45, 7) is 10.1. The Morgan fingerprint density at radius 3 is 2.57 bits per heavy atom. The summed E-state index contributed by atoms with van der Waals surface area (Å²) in [4.78, 5) is 33.2. The highest BCUT2D eigenvalue weighted by Crippen LogP contribution is 2.51. The van der Waals surface area contributed by atoms with Crippen LogP contribution in [-0.2, 0) is 10.2 Å². The lowest BCUT2D eigenvalue weighted by molar-refractivity contribution is -0.125. The lowest BCUT2D eigenvalue weighted by Gasteiger charge is -2.48. The number of hydrogen-bond acceptors (Lipinski definition) is 7. The molecule has 6 heterocycles. The topological polar surface area (TPSA) is 91.2 Å². The summed E-state index contributed by atoms with van der Waals surface area (Å²) in [5.41, 5.74) is 6.00. The molecule has 2 N–H and O–H groups in total. The predicted molar refractivity (Wildman–Crippen MR) is 179 cm³/mol. The first kappa shape index (κ1) is 29.5. The molecular weight excluding hydrogens is 579 g/mol. The monoisotopic (exact) mass is 622 g/mol. The first-order valence-electron chi connectivity index (χ1n) is 17.0. The van der Waals surface area contributed by atoms with Gasteiger partial charge in [0, 0.05) is 35.1 Å². The van der Waals surface area contributed by atoms with Gasteiger partial charge in [-0.15, -0.1) is 0 Å². The summed E-state index contributed by atoms with van der Waals surface area (Å²) in [5, 5.41) is 6.74. The van der Waals surface area contributed by atoms with Gasteiger partial charge in [-0.25, -0.2) is 14.4 Å². The number of aromatic nitrogens is 4. The van der Waals surface area contributed by atoms with Crippen molar-refractivity contribution in [3.8, 4) is 11.3 Å². The predicted octanol–water partition coefficient (Wildman–Crippen LogP) is 6.25. The molecule has 4 aromatic rings. The van der Waals surface area contributed by atoms with E-state index in [2.05, 4.69) is 62.0 Å². The van der Waals surface area contributed by atoms with Crippen molar-refractivity contribution in [3.05, 3.63) is 59.9 Å². The first-order chi connectivity index (χ1) is 22.3. The van der Waals surface area contributed by atoms with E-state index >= 15 is 0 Å². The van der Waals surface area contributed by atoms with Gasteiger partial charge in [-0.05, 0) is 109 Å². The van der Waals surface area contributed by atoms with E-state index < -0.39 is 11.2 Å². The fraction of sp³-hybridized carbons (Fsp3) is 0.500. The van der Waals surface area contributed by atoms with E-state index in [0.29, 0.717) is 23.2 Å². The van der Waals surface area contributed by atoms with Gasteiger partial charge in [0.2, 0.25) is 5.91 Å². The van der Waals surface area contributed by atoms with Crippen LogP contribution in [0.2, 0.25) is 0 Å². The minimum atomic E-state index is -0.466. The maximum Gasteiger partial charge on any atom is 0.238 e. The van der Waals surface area contributed by atoms with E-state index in [1.165, 1.54) is 38.5 Å². The van der Waals surface area contributed by atoms with Crippen LogP contribution in [0.3, 0.4) is 0 Å². The third-order valence-corrected chi connectivity index (χ3v) is 10.9. The lowest BCUT2D eigenvalue weighted by atomic mass is 9.74. The second-order valence-electron chi connectivity index (χ2n) is 14.0. The maximum absolute atomic E-state index is 14.9. The average Bonchev–Trinajstić information content (AvgIpc) is 3.57. The first-order valence-corrected chi connectivity index (χ1v) is 17.0. The maximum atomic E-state index is 14.9. The number of piperidine rings is 2. The fourth-order valence-corrected chi connectivity index (χ4v) is 8.25. The molecule has 1 spiro atoms. The van der Waals surface area contributed by atoms with E-state index in [1.54, 1.807) is 6.07 Å². The van der Waals surface area contributed by atoms with Gasteiger partial charge in [-0.2, -0.15) is 0 Å². The van der Waals surface area contributed by atoms with E-state index in [1.807, 2.05) is 19.3 Å². The summed E-state index contributed by atoms with van der Waals surface area (Å²) < 4.78 is 17.0. The summed E-state index contributed by atoms with van der Waals surface area (Å²) in [6, 6.07) is 11.1. The number of amides is 1. The smallest absolute Gasteiger partial charge is 0.238 e. The largest absolute Gasteiger partial charge is 0.336 e. The highest BCUT2D eigenvalue weighted by molar-refractivity contribution is 6.09. The Balaban J connectivity index is 1.20. The van der Waals surface area contributed by atoms with Crippen LogP contribution in [-0.4, -0.2) is 68.6 Å². The number of hydrogen-bond donors (Lipinski definition) is 2. The molecule has 1 aromatic carbocycles.